The molecule has 0 fully saturated rings. The third-order valence-corrected chi connectivity index (χ3v) is 3.24. The Labute approximate surface area is 105 Å². The summed E-state index contributed by atoms with van der Waals surface area (Å²) < 4.78 is 5.47. The summed E-state index contributed by atoms with van der Waals surface area (Å²) in [4.78, 5) is 0. The molecule has 3 rings (SSSR count). The molecule has 0 saturated heterocycles. The molecule has 0 saturated carbocycles. The van der Waals surface area contributed by atoms with Crippen molar-refractivity contribution < 1.29 is 4.74 Å². The van der Waals surface area contributed by atoms with E-state index in [0.29, 0.717) is 12.2 Å². The molecule has 90 valence electrons. The number of ether oxygens (including phenoxy) is 1. The van der Waals surface area contributed by atoms with Crippen molar-refractivity contribution in [3.8, 4) is 6.07 Å². The highest BCUT2D eigenvalue weighted by Crippen LogP contribution is 2.20. The predicted molar refractivity (Wildman–Crippen MR) is 65.9 cm³/mol. The summed E-state index contributed by atoms with van der Waals surface area (Å²) in [5.74, 6) is 0. The number of nitrogens with one attached hydrogen (secondary N) is 1. The van der Waals surface area contributed by atoms with E-state index >= 15 is 0 Å². The molecule has 1 aliphatic heterocycles. The van der Waals surface area contributed by atoms with E-state index in [1.54, 1.807) is 0 Å². The third kappa shape index (κ3) is 2.01. The molecule has 0 radical (unpaired) electrons. The molecular formula is C14H13N3O. The van der Waals surface area contributed by atoms with Crippen LogP contribution in [0.4, 0.5) is 0 Å². The maximum atomic E-state index is 8.76. The molecule has 0 atom stereocenters. The molecule has 4 heteroatoms. The van der Waals surface area contributed by atoms with Crippen molar-refractivity contribution in [2.75, 3.05) is 6.61 Å². The van der Waals surface area contributed by atoms with Gasteiger partial charge in [-0.05, 0) is 17.7 Å². The lowest BCUT2D eigenvalue weighted by atomic mass is 10.0. The van der Waals surface area contributed by atoms with Crippen LogP contribution in [0.1, 0.15) is 28.1 Å². The molecule has 0 unspecified atom stereocenters. The maximum absolute atomic E-state index is 8.76. The number of nitriles is 1. The fourth-order valence-corrected chi connectivity index (χ4v) is 2.21. The van der Waals surface area contributed by atoms with Crippen LogP contribution in [0.5, 0.6) is 0 Å². The molecule has 18 heavy (non-hydrogen) atoms. The molecule has 0 amide bonds. The predicted octanol–water partition coefficient (Wildman–Crippen LogP) is 1.94. The number of aromatic nitrogens is 2. The van der Waals surface area contributed by atoms with Gasteiger partial charge in [0.1, 0.15) is 0 Å². The lowest BCUT2D eigenvalue weighted by Gasteiger charge is -2.12. The Morgan fingerprint density at radius 1 is 1.33 bits per heavy atom. The van der Waals surface area contributed by atoms with Gasteiger partial charge in [-0.1, -0.05) is 12.1 Å². The molecule has 0 bridgehead atoms. The highest BCUT2D eigenvalue weighted by Gasteiger charge is 2.17. The van der Waals surface area contributed by atoms with E-state index in [2.05, 4.69) is 16.3 Å². The first-order chi connectivity index (χ1) is 8.86. The zero-order valence-corrected chi connectivity index (χ0v) is 9.94. The van der Waals surface area contributed by atoms with E-state index in [-0.39, 0.29) is 0 Å². The average Bonchev–Trinajstić information content (AvgIpc) is 2.83. The standard InChI is InChI=1S/C14H13N3O/c15-8-11-3-1-10(2-4-11)7-14-12-9-18-6-5-13(12)16-17-14/h1-4H,5-7,9H2,(H,16,17). The minimum atomic E-state index is 0.650. The number of hydrogen-bond donors (Lipinski definition) is 1. The highest BCUT2D eigenvalue weighted by atomic mass is 16.5. The summed E-state index contributed by atoms with van der Waals surface area (Å²) in [6.45, 7) is 1.42. The van der Waals surface area contributed by atoms with E-state index in [1.807, 2.05) is 24.3 Å². The smallest absolute Gasteiger partial charge is 0.0991 e. The van der Waals surface area contributed by atoms with E-state index in [4.69, 9.17) is 10.00 Å². The largest absolute Gasteiger partial charge is 0.376 e. The lowest BCUT2D eigenvalue weighted by Crippen LogP contribution is -2.09. The fraction of sp³-hybridized carbons (Fsp3) is 0.286. The van der Waals surface area contributed by atoms with E-state index in [1.165, 1.54) is 11.3 Å². The Morgan fingerprint density at radius 3 is 2.94 bits per heavy atom. The minimum absolute atomic E-state index is 0.650. The summed E-state index contributed by atoms with van der Waals surface area (Å²) in [5, 5.41) is 16.2. The van der Waals surface area contributed by atoms with Crippen LogP contribution in [-0.2, 0) is 24.2 Å². The third-order valence-electron chi connectivity index (χ3n) is 3.24. The molecule has 1 aromatic carbocycles. The van der Waals surface area contributed by atoms with Gasteiger partial charge < -0.3 is 4.74 Å². The SMILES string of the molecule is N#Cc1ccc(Cc2n[nH]c3c2COCC3)cc1. The summed E-state index contributed by atoms with van der Waals surface area (Å²) in [6.07, 6.45) is 1.69. The van der Waals surface area contributed by atoms with Crippen molar-refractivity contribution in [2.24, 2.45) is 0 Å². The fourth-order valence-electron chi connectivity index (χ4n) is 2.21. The number of benzene rings is 1. The zero-order chi connectivity index (χ0) is 12.4. The maximum Gasteiger partial charge on any atom is 0.0991 e. The average molecular weight is 239 g/mol. The van der Waals surface area contributed by atoms with Crippen molar-refractivity contribution in [1.82, 2.24) is 10.2 Å². The van der Waals surface area contributed by atoms with Crippen LogP contribution in [-0.4, -0.2) is 16.8 Å². The first kappa shape index (κ1) is 11.0. The summed E-state index contributed by atoms with van der Waals surface area (Å²) in [6, 6.07) is 9.75. The molecule has 2 heterocycles. The molecule has 2 aromatic rings. The van der Waals surface area contributed by atoms with Gasteiger partial charge in [-0.2, -0.15) is 10.4 Å². The number of nitrogens with zero attached hydrogens (tertiary/aromatic N) is 2. The first-order valence-corrected chi connectivity index (χ1v) is 5.98. The highest BCUT2D eigenvalue weighted by molar-refractivity contribution is 5.35. The van der Waals surface area contributed by atoms with Gasteiger partial charge in [0.05, 0.1) is 30.5 Å². The monoisotopic (exact) mass is 239 g/mol. The van der Waals surface area contributed by atoms with Gasteiger partial charge in [0.25, 0.3) is 0 Å². The van der Waals surface area contributed by atoms with Crippen LogP contribution in [0.15, 0.2) is 24.3 Å². The van der Waals surface area contributed by atoms with Gasteiger partial charge in [0.15, 0.2) is 0 Å². The Morgan fingerprint density at radius 2 is 2.17 bits per heavy atom. The van der Waals surface area contributed by atoms with Gasteiger partial charge in [0, 0.05) is 24.1 Å². The van der Waals surface area contributed by atoms with Crippen LogP contribution in [0.3, 0.4) is 0 Å². The minimum Gasteiger partial charge on any atom is -0.376 e. The Balaban J connectivity index is 1.83. The molecule has 1 N–H and O–H groups in total. The van der Waals surface area contributed by atoms with E-state index < -0.39 is 0 Å². The van der Waals surface area contributed by atoms with Gasteiger partial charge in [-0.3, -0.25) is 5.10 Å². The summed E-state index contributed by atoms with van der Waals surface area (Å²) in [7, 11) is 0. The number of rotatable bonds is 2. The normalized spacial score (nSPS) is 13.9. The molecular weight excluding hydrogens is 226 g/mol. The summed E-state index contributed by atoms with van der Waals surface area (Å²) >= 11 is 0. The number of fused-ring (bicyclic) bond motifs is 1. The Hall–Kier alpha value is -2.12. The summed E-state index contributed by atoms with van der Waals surface area (Å²) in [5.41, 5.74) is 5.30. The lowest BCUT2D eigenvalue weighted by molar-refractivity contribution is 0.109. The number of H-pyrrole nitrogens is 1. The molecule has 0 aliphatic carbocycles. The van der Waals surface area contributed by atoms with Crippen molar-refractivity contribution in [2.45, 2.75) is 19.4 Å². The number of aromatic amines is 1. The van der Waals surface area contributed by atoms with Crippen molar-refractivity contribution in [3.63, 3.8) is 0 Å². The van der Waals surface area contributed by atoms with Crippen LogP contribution in [0.25, 0.3) is 0 Å². The van der Waals surface area contributed by atoms with Gasteiger partial charge in [0.2, 0.25) is 0 Å². The first-order valence-electron chi connectivity index (χ1n) is 5.98. The molecule has 1 aliphatic rings. The molecule has 1 aromatic heterocycles. The van der Waals surface area contributed by atoms with Gasteiger partial charge in [-0.15, -0.1) is 0 Å². The molecule has 0 spiro atoms. The van der Waals surface area contributed by atoms with E-state index in [9.17, 15) is 0 Å². The Bertz CT molecular complexity index is 592. The topological polar surface area (TPSA) is 61.7 Å². The van der Waals surface area contributed by atoms with Crippen LogP contribution >= 0.6 is 0 Å². The van der Waals surface area contributed by atoms with Gasteiger partial charge >= 0.3 is 0 Å². The van der Waals surface area contributed by atoms with Crippen LogP contribution < -0.4 is 0 Å². The van der Waals surface area contributed by atoms with Crippen molar-refractivity contribution in [3.05, 3.63) is 52.3 Å². The van der Waals surface area contributed by atoms with Gasteiger partial charge in [-0.25, -0.2) is 0 Å². The molecule has 4 nitrogen and oxygen atoms in total. The zero-order valence-electron chi connectivity index (χ0n) is 9.94. The second-order valence-electron chi connectivity index (χ2n) is 4.42. The second-order valence-corrected chi connectivity index (χ2v) is 4.42. The quantitative estimate of drug-likeness (QED) is 0.871. The van der Waals surface area contributed by atoms with Crippen molar-refractivity contribution >= 4 is 0 Å². The van der Waals surface area contributed by atoms with E-state index in [0.717, 1.165) is 30.7 Å². The second kappa shape index (κ2) is 4.63. The van der Waals surface area contributed by atoms with Crippen LogP contribution in [0, 0.1) is 11.3 Å². The van der Waals surface area contributed by atoms with Crippen molar-refractivity contribution in [1.29, 1.82) is 5.26 Å². The van der Waals surface area contributed by atoms with Crippen LogP contribution in [0.2, 0.25) is 0 Å². The number of hydrogen-bond acceptors (Lipinski definition) is 3. The Kier molecular flexibility index (Phi) is 2.83.